The number of hydrogen-bond acceptors (Lipinski definition) is 2. The Bertz CT molecular complexity index is 622. The summed E-state index contributed by atoms with van der Waals surface area (Å²) in [5.41, 5.74) is 3.03. The predicted molar refractivity (Wildman–Crippen MR) is 59.0 cm³/mol. The molecule has 0 unspecified atom stereocenters. The standard InChI is InChI=1S/C12H7F5N2/c13-7-1-6(4-19-5-7)8-2-11(18)10(14)3-9(8)12(15,16)17/h1-5H,18H2. The molecule has 1 aromatic heterocycles. The van der Waals surface area contributed by atoms with Crippen LogP contribution in [0.25, 0.3) is 11.1 Å². The van der Waals surface area contributed by atoms with Gasteiger partial charge >= 0.3 is 6.18 Å². The molecular weight excluding hydrogens is 267 g/mol. The highest BCUT2D eigenvalue weighted by Gasteiger charge is 2.34. The molecule has 1 heterocycles. The van der Waals surface area contributed by atoms with Crippen LogP contribution in [0.3, 0.4) is 0 Å². The number of nitrogen functional groups attached to an aromatic ring is 1. The fraction of sp³-hybridized carbons (Fsp3) is 0.0833. The van der Waals surface area contributed by atoms with Gasteiger partial charge in [-0.1, -0.05) is 0 Å². The van der Waals surface area contributed by atoms with Crippen LogP contribution < -0.4 is 5.73 Å². The highest BCUT2D eigenvalue weighted by atomic mass is 19.4. The average molecular weight is 274 g/mol. The third-order valence-corrected chi connectivity index (χ3v) is 2.46. The minimum atomic E-state index is -4.78. The second-order valence-corrected chi connectivity index (χ2v) is 3.81. The number of nitrogens with two attached hydrogens (primary N) is 1. The molecule has 0 saturated heterocycles. The molecule has 0 aliphatic carbocycles. The van der Waals surface area contributed by atoms with Gasteiger partial charge in [0.25, 0.3) is 0 Å². The predicted octanol–water partition coefficient (Wildman–Crippen LogP) is 3.63. The van der Waals surface area contributed by atoms with Crippen molar-refractivity contribution < 1.29 is 22.0 Å². The highest BCUT2D eigenvalue weighted by Crippen LogP contribution is 2.38. The Hall–Kier alpha value is -2.18. The first kappa shape index (κ1) is 13.3. The number of hydrogen-bond donors (Lipinski definition) is 1. The Labute approximate surface area is 104 Å². The smallest absolute Gasteiger partial charge is 0.396 e. The van der Waals surface area contributed by atoms with Gasteiger partial charge in [-0.25, -0.2) is 8.78 Å². The zero-order valence-electron chi connectivity index (χ0n) is 9.30. The Morgan fingerprint density at radius 2 is 1.68 bits per heavy atom. The SMILES string of the molecule is Nc1cc(-c2cncc(F)c2)c(C(F)(F)F)cc1F. The van der Waals surface area contributed by atoms with Gasteiger partial charge < -0.3 is 5.73 Å². The van der Waals surface area contributed by atoms with Crippen molar-refractivity contribution in [3.05, 3.63) is 47.8 Å². The summed E-state index contributed by atoms with van der Waals surface area (Å²) >= 11 is 0. The molecule has 0 aliphatic heterocycles. The lowest BCUT2D eigenvalue weighted by atomic mass is 9.99. The molecule has 2 rings (SSSR count). The Morgan fingerprint density at radius 3 is 2.26 bits per heavy atom. The normalized spacial score (nSPS) is 11.6. The lowest BCUT2D eigenvalue weighted by Gasteiger charge is -2.14. The van der Waals surface area contributed by atoms with Gasteiger partial charge in [-0.3, -0.25) is 4.98 Å². The Balaban J connectivity index is 2.71. The van der Waals surface area contributed by atoms with Gasteiger partial charge in [0.2, 0.25) is 0 Å². The molecule has 0 bridgehead atoms. The molecule has 0 radical (unpaired) electrons. The number of pyridine rings is 1. The first-order valence-electron chi connectivity index (χ1n) is 5.06. The number of anilines is 1. The van der Waals surface area contributed by atoms with Crippen molar-refractivity contribution in [2.24, 2.45) is 0 Å². The van der Waals surface area contributed by atoms with Crippen molar-refractivity contribution in [3.63, 3.8) is 0 Å². The van der Waals surface area contributed by atoms with Crippen molar-refractivity contribution in [1.82, 2.24) is 4.98 Å². The van der Waals surface area contributed by atoms with Crippen LogP contribution in [0.1, 0.15) is 5.56 Å². The zero-order valence-corrected chi connectivity index (χ0v) is 9.30. The van der Waals surface area contributed by atoms with Gasteiger partial charge in [-0.15, -0.1) is 0 Å². The number of alkyl halides is 3. The molecule has 0 saturated carbocycles. The lowest BCUT2D eigenvalue weighted by Crippen LogP contribution is -2.09. The first-order chi connectivity index (χ1) is 8.79. The molecule has 2 N–H and O–H groups in total. The van der Waals surface area contributed by atoms with Crippen LogP contribution in [-0.2, 0) is 6.18 Å². The summed E-state index contributed by atoms with van der Waals surface area (Å²) in [5.74, 6) is -1.98. The molecule has 0 spiro atoms. The number of nitrogens with zero attached hydrogens (tertiary/aromatic N) is 1. The number of halogens is 5. The number of aromatic nitrogens is 1. The second-order valence-electron chi connectivity index (χ2n) is 3.81. The van der Waals surface area contributed by atoms with Crippen LogP contribution in [0.4, 0.5) is 27.6 Å². The van der Waals surface area contributed by atoms with Gasteiger partial charge in [-0.2, -0.15) is 13.2 Å². The third kappa shape index (κ3) is 2.64. The molecule has 1 aromatic carbocycles. The van der Waals surface area contributed by atoms with E-state index in [4.69, 9.17) is 5.73 Å². The molecule has 0 aliphatic rings. The van der Waals surface area contributed by atoms with Gasteiger partial charge in [0.1, 0.15) is 11.6 Å². The summed E-state index contributed by atoms with van der Waals surface area (Å²) in [6.45, 7) is 0. The summed E-state index contributed by atoms with van der Waals surface area (Å²) in [6.07, 6.45) is -2.88. The fourth-order valence-electron chi connectivity index (χ4n) is 1.62. The molecule has 100 valence electrons. The monoisotopic (exact) mass is 274 g/mol. The van der Waals surface area contributed by atoms with E-state index in [0.717, 1.165) is 24.5 Å². The summed E-state index contributed by atoms with van der Waals surface area (Å²) in [5, 5.41) is 0. The minimum Gasteiger partial charge on any atom is -0.396 e. The van der Waals surface area contributed by atoms with E-state index in [-0.39, 0.29) is 11.6 Å². The summed E-state index contributed by atoms with van der Waals surface area (Å²) in [6, 6.07) is 1.97. The molecule has 19 heavy (non-hydrogen) atoms. The fourth-order valence-corrected chi connectivity index (χ4v) is 1.62. The van der Waals surface area contributed by atoms with E-state index in [1.165, 1.54) is 0 Å². The largest absolute Gasteiger partial charge is 0.417 e. The number of benzene rings is 1. The van der Waals surface area contributed by atoms with Gasteiger partial charge in [-0.05, 0) is 23.8 Å². The molecule has 0 amide bonds. The van der Waals surface area contributed by atoms with Gasteiger partial charge in [0, 0.05) is 11.8 Å². The van der Waals surface area contributed by atoms with Crippen LogP contribution in [0, 0.1) is 11.6 Å². The molecule has 7 heteroatoms. The van der Waals surface area contributed by atoms with Crippen molar-refractivity contribution >= 4 is 5.69 Å². The van der Waals surface area contributed by atoms with Crippen LogP contribution in [-0.4, -0.2) is 4.98 Å². The Kier molecular flexibility index (Phi) is 3.13. The summed E-state index contributed by atoms with van der Waals surface area (Å²) in [4.78, 5) is 3.46. The highest BCUT2D eigenvalue weighted by molar-refractivity contribution is 5.71. The third-order valence-electron chi connectivity index (χ3n) is 2.46. The van der Waals surface area contributed by atoms with E-state index in [2.05, 4.69) is 4.98 Å². The maximum absolute atomic E-state index is 13.2. The maximum Gasteiger partial charge on any atom is 0.417 e. The summed E-state index contributed by atoms with van der Waals surface area (Å²) < 4.78 is 64.7. The zero-order chi connectivity index (χ0) is 14.2. The van der Waals surface area contributed by atoms with Gasteiger partial charge in [0.15, 0.2) is 0 Å². The summed E-state index contributed by atoms with van der Waals surface area (Å²) in [7, 11) is 0. The molecule has 2 aromatic rings. The average Bonchev–Trinajstić information content (AvgIpc) is 2.30. The molecular formula is C12H7F5N2. The number of rotatable bonds is 1. The van der Waals surface area contributed by atoms with E-state index in [0.29, 0.717) is 0 Å². The molecule has 0 atom stereocenters. The van der Waals surface area contributed by atoms with Crippen LogP contribution >= 0.6 is 0 Å². The van der Waals surface area contributed by atoms with Gasteiger partial charge in [0.05, 0.1) is 17.4 Å². The van der Waals surface area contributed by atoms with E-state index in [9.17, 15) is 22.0 Å². The maximum atomic E-state index is 13.2. The van der Waals surface area contributed by atoms with Crippen molar-refractivity contribution in [1.29, 1.82) is 0 Å². The van der Waals surface area contributed by atoms with E-state index >= 15 is 0 Å². The van der Waals surface area contributed by atoms with Crippen LogP contribution in [0.5, 0.6) is 0 Å². The van der Waals surface area contributed by atoms with E-state index in [1.807, 2.05) is 0 Å². The Morgan fingerprint density at radius 1 is 1.00 bits per heavy atom. The minimum absolute atomic E-state index is 0.126. The van der Waals surface area contributed by atoms with Crippen molar-refractivity contribution in [3.8, 4) is 11.1 Å². The second kappa shape index (κ2) is 4.49. The molecule has 0 fully saturated rings. The van der Waals surface area contributed by atoms with Crippen LogP contribution in [0.15, 0.2) is 30.6 Å². The van der Waals surface area contributed by atoms with Crippen LogP contribution in [0.2, 0.25) is 0 Å². The topological polar surface area (TPSA) is 38.9 Å². The van der Waals surface area contributed by atoms with E-state index in [1.54, 1.807) is 0 Å². The quantitative estimate of drug-likeness (QED) is 0.637. The van der Waals surface area contributed by atoms with E-state index < -0.39 is 34.6 Å². The lowest BCUT2D eigenvalue weighted by molar-refractivity contribution is -0.137. The van der Waals surface area contributed by atoms with Crippen molar-refractivity contribution in [2.75, 3.05) is 5.73 Å². The molecule has 2 nitrogen and oxygen atoms in total. The first-order valence-corrected chi connectivity index (χ1v) is 5.06. The van der Waals surface area contributed by atoms with Crippen molar-refractivity contribution in [2.45, 2.75) is 6.18 Å².